The van der Waals surface area contributed by atoms with E-state index in [1.54, 1.807) is 42.3 Å². The third-order valence-electron chi connectivity index (χ3n) is 6.84. The highest BCUT2D eigenvalue weighted by atomic mass is 16.5. The number of carbonyl (C=O) groups excluding carboxylic acids is 1. The van der Waals surface area contributed by atoms with Gasteiger partial charge in [-0.3, -0.25) is 9.36 Å². The van der Waals surface area contributed by atoms with E-state index in [1.807, 2.05) is 0 Å². The quantitative estimate of drug-likeness (QED) is 0.506. The van der Waals surface area contributed by atoms with E-state index < -0.39 is 29.0 Å². The molecule has 4 rings (SSSR count). The van der Waals surface area contributed by atoms with E-state index in [9.17, 15) is 19.8 Å². The highest BCUT2D eigenvalue weighted by Gasteiger charge is 2.50. The fourth-order valence-corrected chi connectivity index (χ4v) is 4.78. The summed E-state index contributed by atoms with van der Waals surface area (Å²) in [6.07, 6.45) is 3.52. The summed E-state index contributed by atoms with van der Waals surface area (Å²) in [7, 11) is 0. The maximum atomic E-state index is 12.9. The Labute approximate surface area is 191 Å². The van der Waals surface area contributed by atoms with Gasteiger partial charge < -0.3 is 31.3 Å². The largest absolute Gasteiger partial charge is 0.508 e. The number of hydrogen-bond donors (Lipinski definition) is 4. The normalized spacial score (nSPS) is 25.7. The lowest BCUT2D eigenvalue weighted by molar-refractivity contribution is -0.202. The molecule has 10 nitrogen and oxygen atoms in total. The molecule has 33 heavy (non-hydrogen) atoms. The first kappa shape index (κ1) is 23.2. The molecule has 1 aromatic carbocycles. The fraction of sp³-hybridized carbons (Fsp3) is 0.522. The molecule has 3 heterocycles. The molecule has 1 amide bonds. The maximum absolute atomic E-state index is 12.9. The molecule has 0 bridgehead atoms. The number of likely N-dealkylation sites (tertiary alicyclic amines) is 1. The number of aromatic nitrogens is 2. The van der Waals surface area contributed by atoms with E-state index in [0.29, 0.717) is 38.8 Å². The zero-order valence-corrected chi connectivity index (χ0v) is 18.7. The highest BCUT2D eigenvalue weighted by molar-refractivity contribution is 5.82. The standard InChI is InChI=1S/C23H31N5O5/c1-22(32)14-33-23(13-18(22)28-9-6-19(25)26-21(28)31)7-10-27(11-8-23)20(30)17(24)12-15-2-4-16(29)5-3-15/h2-6,9,17-18,29,32H,7-8,10-14,24H2,1H3,(H2,25,26,31)/t17-,18-,22-/m0/s1. The second-order valence-corrected chi connectivity index (χ2v) is 9.39. The number of ether oxygens (including phenoxy) is 1. The average Bonchev–Trinajstić information content (AvgIpc) is 2.78. The number of phenols is 1. The van der Waals surface area contributed by atoms with Gasteiger partial charge >= 0.3 is 5.69 Å². The Morgan fingerprint density at radius 3 is 2.58 bits per heavy atom. The summed E-state index contributed by atoms with van der Waals surface area (Å²) in [6.45, 7) is 2.68. The van der Waals surface area contributed by atoms with E-state index >= 15 is 0 Å². The van der Waals surface area contributed by atoms with Crippen LogP contribution >= 0.6 is 0 Å². The van der Waals surface area contributed by atoms with E-state index in [1.165, 1.54) is 10.6 Å². The van der Waals surface area contributed by atoms with Crippen molar-refractivity contribution in [3.05, 3.63) is 52.6 Å². The second kappa shape index (κ2) is 8.77. The molecular formula is C23H31N5O5. The number of phenolic OH excluding ortho intramolecular Hbond substituents is 1. The fourth-order valence-electron chi connectivity index (χ4n) is 4.78. The first-order valence-electron chi connectivity index (χ1n) is 11.1. The van der Waals surface area contributed by atoms with Crippen LogP contribution in [0.1, 0.15) is 37.8 Å². The molecule has 2 aliphatic rings. The minimum atomic E-state index is -1.24. The predicted molar refractivity (Wildman–Crippen MR) is 121 cm³/mol. The summed E-state index contributed by atoms with van der Waals surface area (Å²) < 4.78 is 7.55. The van der Waals surface area contributed by atoms with Gasteiger partial charge in [0.25, 0.3) is 0 Å². The smallest absolute Gasteiger partial charge is 0.349 e. The molecule has 2 saturated heterocycles. The van der Waals surface area contributed by atoms with Crippen LogP contribution in [0.3, 0.4) is 0 Å². The Morgan fingerprint density at radius 2 is 1.94 bits per heavy atom. The van der Waals surface area contributed by atoms with Crippen LogP contribution < -0.4 is 17.2 Å². The molecule has 178 valence electrons. The summed E-state index contributed by atoms with van der Waals surface area (Å²) in [5.41, 5.74) is 10.4. The maximum Gasteiger partial charge on any atom is 0.349 e. The molecule has 0 aliphatic carbocycles. The van der Waals surface area contributed by atoms with E-state index in [2.05, 4.69) is 4.98 Å². The predicted octanol–water partition coefficient (Wildman–Crippen LogP) is 0.175. The summed E-state index contributed by atoms with van der Waals surface area (Å²) in [5.74, 6) is 0.172. The van der Waals surface area contributed by atoms with Gasteiger partial charge in [0, 0.05) is 25.7 Å². The minimum absolute atomic E-state index is 0.0722. The van der Waals surface area contributed by atoms with Gasteiger partial charge in [0.1, 0.15) is 17.2 Å². The van der Waals surface area contributed by atoms with Crippen molar-refractivity contribution in [2.24, 2.45) is 5.73 Å². The number of piperidine rings is 1. The lowest BCUT2D eigenvalue weighted by Gasteiger charge is -2.51. The van der Waals surface area contributed by atoms with E-state index in [0.717, 1.165) is 5.56 Å². The van der Waals surface area contributed by atoms with Crippen LogP contribution in [-0.2, 0) is 16.0 Å². The van der Waals surface area contributed by atoms with Gasteiger partial charge in [0.15, 0.2) is 0 Å². The number of nitrogen functional groups attached to an aromatic ring is 1. The second-order valence-electron chi connectivity index (χ2n) is 9.39. The van der Waals surface area contributed by atoms with Gasteiger partial charge in [-0.15, -0.1) is 0 Å². The number of anilines is 1. The molecule has 2 aromatic rings. The molecule has 3 atom stereocenters. The first-order chi connectivity index (χ1) is 15.6. The Kier molecular flexibility index (Phi) is 6.17. The summed E-state index contributed by atoms with van der Waals surface area (Å²) in [6, 6.07) is 6.99. The van der Waals surface area contributed by atoms with Crippen molar-refractivity contribution in [3.8, 4) is 5.75 Å². The number of nitrogens with two attached hydrogens (primary N) is 2. The molecule has 1 spiro atoms. The van der Waals surface area contributed by atoms with Crippen LogP contribution in [0.2, 0.25) is 0 Å². The number of hydrogen-bond acceptors (Lipinski definition) is 8. The molecule has 0 saturated carbocycles. The zero-order valence-electron chi connectivity index (χ0n) is 18.7. The SMILES string of the molecule is C[C@]1(O)COC2(CCN(C(=O)[C@@H](N)Cc3ccc(O)cc3)CC2)C[C@@H]1n1ccc(N)nc1=O. The number of amides is 1. The lowest BCUT2D eigenvalue weighted by atomic mass is 9.77. The molecule has 10 heteroatoms. The van der Waals surface area contributed by atoms with Crippen molar-refractivity contribution in [1.82, 2.24) is 14.5 Å². The molecule has 1 aromatic heterocycles. The molecule has 0 radical (unpaired) electrons. The first-order valence-corrected chi connectivity index (χ1v) is 11.1. The molecular weight excluding hydrogens is 426 g/mol. The minimum Gasteiger partial charge on any atom is -0.508 e. The van der Waals surface area contributed by atoms with Gasteiger partial charge in [-0.2, -0.15) is 4.98 Å². The van der Waals surface area contributed by atoms with Gasteiger partial charge in [-0.25, -0.2) is 4.79 Å². The van der Waals surface area contributed by atoms with Crippen LogP contribution in [0.15, 0.2) is 41.3 Å². The highest BCUT2D eigenvalue weighted by Crippen LogP contribution is 2.43. The Balaban J connectivity index is 1.42. The number of aliphatic hydroxyl groups is 1. The summed E-state index contributed by atoms with van der Waals surface area (Å²) in [5, 5.41) is 20.3. The molecule has 6 N–H and O–H groups in total. The van der Waals surface area contributed by atoms with Crippen molar-refractivity contribution in [1.29, 1.82) is 0 Å². The van der Waals surface area contributed by atoms with Crippen molar-refractivity contribution in [3.63, 3.8) is 0 Å². The molecule has 0 unspecified atom stereocenters. The summed E-state index contributed by atoms with van der Waals surface area (Å²) >= 11 is 0. The number of benzene rings is 1. The number of nitrogens with zero attached hydrogens (tertiary/aromatic N) is 3. The molecule has 2 aliphatic heterocycles. The zero-order chi connectivity index (χ0) is 23.8. The van der Waals surface area contributed by atoms with Crippen molar-refractivity contribution in [2.45, 2.75) is 55.9 Å². The van der Waals surface area contributed by atoms with Crippen LogP contribution in [0.5, 0.6) is 5.75 Å². The molecule has 2 fully saturated rings. The Bertz CT molecular complexity index is 1060. The van der Waals surface area contributed by atoms with Crippen LogP contribution in [0, 0.1) is 0 Å². The monoisotopic (exact) mass is 457 g/mol. The number of rotatable bonds is 4. The van der Waals surface area contributed by atoms with E-state index in [4.69, 9.17) is 16.2 Å². The topological polar surface area (TPSA) is 157 Å². The van der Waals surface area contributed by atoms with Crippen molar-refractivity contribution >= 4 is 11.7 Å². The average molecular weight is 458 g/mol. The third kappa shape index (κ3) is 4.87. The van der Waals surface area contributed by atoms with E-state index in [-0.39, 0.29) is 24.1 Å². The summed E-state index contributed by atoms with van der Waals surface area (Å²) in [4.78, 5) is 30.9. The van der Waals surface area contributed by atoms with Crippen molar-refractivity contribution in [2.75, 3.05) is 25.4 Å². The lowest BCUT2D eigenvalue weighted by Crippen LogP contribution is -2.59. The van der Waals surface area contributed by atoms with Gasteiger partial charge in [-0.1, -0.05) is 12.1 Å². The van der Waals surface area contributed by atoms with Gasteiger partial charge in [0.2, 0.25) is 5.91 Å². The van der Waals surface area contributed by atoms with Crippen LogP contribution in [0.4, 0.5) is 5.82 Å². The third-order valence-corrected chi connectivity index (χ3v) is 6.84. The number of carbonyl (C=O) groups is 1. The number of aromatic hydroxyl groups is 1. The van der Waals surface area contributed by atoms with Crippen molar-refractivity contribution < 1.29 is 19.7 Å². The van der Waals surface area contributed by atoms with Crippen LogP contribution in [0.25, 0.3) is 0 Å². The van der Waals surface area contributed by atoms with Gasteiger partial charge in [-0.05, 0) is 49.9 Å². The van der Waals surface area contributed by atoms with Crippen LogP contribution in [-0.4, -0.2) is 67.5 Å². The Hall–Kier alpha value is -2.95. The van der Waals surface area contributed by atoms with Gasteiger partial charge in [0.05, 0.1) is 24.3 Å². The Morgan fingerprint density at radius 1 is 1.27 bits per heavy atom.